The van der Waals surface area contributed by atoms with E-state index in [-0.39, 0.29) is 18.4 Å². The number of nitrogens with one attached hydrogen (secondary N) is 1. The molecule has 0 aliphatic rings. The zero-order chi connectivity index (χ0) is 10.4. The van der Waals surface area contributed by atoms with Crippen molar-refractivity contribution >= 4 is 5.78 Å². The highest BCUT2D eigenvalue weighted by Gasteiger charge is 2.14. The molecule has 1 rings (SSSR count). The summed E-state index contributed by atoms with van der Waals surface area (Å²) in [6.07, 6.45) is 0.702. The van der Waals surface area contributed by atoms with Gasteiger partial charge in [0.1, 0.15) is 0 Å². The molecule has 0 aliphatic carbocycles. The first-order valence-corrected chi connectivity index (χ1v) is 4.72. The van der Waals surface area contributed by atoms with Crippen molar-refractivity contribution in [3.63, 3.8) is 0 Å². The molecule has 1 aromatic carbocycles. The monoisotopic (exact) mass is 192 g/mol. The summed E-state index contributed by atoms with van der Waals surface area (Å²) >= 11 is 0. The Kier molecular flexibility index (Phi) is 4.29. The van der Waals surface area contributed by atoms with E-state index in [0.717, 1.165) is 5.56 Å². The highest BCUT2D eigenvalue weighted by atomic mass is 16.1. The van der Waals surface area contributed by atoms with Crippen molar-refractivity contribution in [2.45, 2.75) is 12.5 Å². The number of carbonyl (C=O) groups excluding carboxylic acids is 1. The summed E-state index contributed by atoms with van der Waals surface area (Å²) in [6, 6.07) is 9.75. The van der Waals surface area contributed by atoms with Gasteiger partial charge in [0.2, 0.25) is 0 Å². The van der Waals surface area contributed by atoms with E-state index in [1.165, 1.54) is 0 Å². The second kappa shape index (κ2) is 5.52. The Morgan fingerprint density at radius 2 is 2.07 bits per heavy atom. The van der Waals surface area contributed by atoms with Gasteiger partial charge in [-0.15, -0.1) is 0 Å². The first kappa shape index (κ1) is 10.9. The molecular weight excluding hydrogens is 176 g/mol. The molecule has 0 spiro atoms. The summed E-state index contributed by atoms with van der Waals surface area (Å²) in [5, 5.41) is 2.97. The molecule has 0 aliphatic heterocycles. The van der Waals surface area contributed by atoms with Crippen molar-refractivity contribution in [2.75, 3.05) is 13.6 Å². The van der Waals surface area contributed by atoms with Crippen LogP contribution in [-0.4, -0.2) is 25.4 Å². The van der Waals surface area contributed by atoms with Crippen LogP contribution in [0.5, 0.6) is 0 Å². The van der Waals surface area contributed by atoms with E-state index in [1.807, 2.05) is 30.3 Å². The molecule has 3 N–H and O–H groups in total. The van der Waals surface area contributed by atoms with E-state index in [2.05, 4.69) is 5.32 Å². The lowest BCUT2D eigenvalue weighted by molar-refractivity contribution is -0.119. The van der Waals surface area contributed by atoms with Gasteiger partial charge in [-0.2, -0.15) is 0 Å². The van der Waals surface area contributed by atoms with E-state index in [9.17, 15) is 4.79 Å². The van der Waals surface area contributed by atoms with Crippen molar-refractivity contribution in [3.05, 3.63) is 35.9 Å². The summed E-state index contributed by atoms with van der Waals surface area (Å²) in [7, 11) is 1.78. The van der Waals surface area contributed by atoms with Crippen molar-refractivity contribution < 1.29 is 4.79 Å². The molecule has 0 saturated heterocycles. The fourth-order valence-electron chi connectivity index (χ4n) is 1.37. The van der Waals surface area contributed by atoms with Crippen LogP contribution in [0.15, 0.2) is 30.3 Å². The lowest BCUT2D eigenvalue weighted by Gasteiger charge is -2.13. The summed E-state index contributed by atoms with van der Waals surface area (Å²) in [4.78, 5) is 11.4. The fraction of sp³-hybridized carbons (Fsp3) is 0.364. The molecule has 0 amide bonds. The molecule has 1 atom stereocenters. The second-order valence-corrected chi connectivity index (χ2v) is 3.20. The SMILES string of the molecule is CN[C@@H](Cc1ccccc1)C(=O)CN. The van der Waals surface area contributed by atoms with Gasteiger partial charge in [-0.25, -0.2) is 0 Å². The number of rotatable bonds is 5. The maximum Gasteiger partial charge on any atom is 0.163 e. The van der Waals surface area contributed by atoms with Crippen LogP contribution in [0, 0.1) is 0 Å². The molecule has 0 saturated carbocycles. The van der Waals surface area contributed by atoms with Crippen molar-refractivity contribution in [1.82, 2.24) is 5.32 Å². The molecule has 76 valence electrons. The third-order valence-electron chi connectivity index (χ3n) is 2.22. The molecular formula is C11H16N2O. The standard InChI is InChI=1S/C11H16N2O/c1-13-10(11(14)8-12)7-9-5-3-2-4-6-9/h2-6,10,13H,7-8,12H2,1H3/t10-/m0/s1. The van der Waals surface area contributed by atoms with Crippen LogP contribution in [0.3, 0.4) is 0 Å². The van der Waals surface area contributed by atoms with Crippen LogP contribution in [-0.2, 0) is 11.2 Å². The van der Waals surface area contributed by atoms with Gasteiger partial charge in [0.15, 0.2) is 5.78 Å². The third kappa shape index (κ3) is 2.94. The molecule has 0 aromatic heterocycles. The number of nitrogens with two attached hydrogens (primary N) is 1. The average Bonchev–Trinajstić information content (AvgIpc) is 2.26. The van der Waals surface area contributed by atoms with Gasteiger partial charge in [-0.3, -0.25) is 4.79 Å². The lowest BCUT2D eigenvalue weighted by atomic mass is 10.0. The third-order valence-corrected chi connectivity index (χ3v) is 2.22. The van der Waals surface area contributed by atoms with Crippen LogP contribution >= 0.6 is 0 Å². The van der Waals surface area contributed by atoms with Crippen molar-refractivity contribution in [3.8, 4) is 0 Å². The Balaban J connectivity index is 2.62. The first-order valence-electron chi connectivity index (χ1n) is 4.72. The molecule has 1 aromatic rings. The molecule has 0 heterocycles. The predicted octanol–water partition coefficient (Wildman–Crippen LogP) is 0.345. The van der Waals surface area contributed by atoms with Gasteiger partial charge in [-0.1, -0.05) is 30.3 Å². The minimum atomic E-state index is -0.164. The maximum absolute atomic E-state index is 11.4. The summed E-state index contributed by atoms with van der Waals surface area (Å²) in [5.74, 6) is 0.0522. The molecule has 0 radical (unpaired) electrons. The molecule has 3 heteroatoms. The van der Waals surface area contributed by atoms with Gasteiger partial charge in [-0.05, 0) is 19.0 Å². The smallest absolute Gasteiger partial charge is 0.163 e. The summed E-state index contributed by atoms with van der Waals surface area (Å²) < 4.78 is 0. The predicted molar refractivity (Wildman–Crippen MR) is 57.1 cm³/mol. The largest absolute Gasteiger partial charge is 0.324 e. The number of hydrogen-bond donors (Lipinski definition) is 2. The molecule has 0 fully saturated rings. The first-order chi connectivity index (χ1) is 6.77. The second-order valence-electron chi connectivity index (χ2n) is 3.20. The Bertz CT molecular complexity index is 285. The average molecular weight is 192 g/mol. The minimum absolute atomic E-state index is 0.0522. The Morgan fingerprint density at radius 1 is 1.43 bits per heavy atom. The lowest BCUT2D eigenvalue weighted by Crippen LogP contribution is -2.39. The Hall–Kier alpha value is -1.19. The van der Waals surface area contributed by atoms with Gasteiger partial charge >= 0.3 is 0 Å². The molecule has 14 heavy (non-hydrogen) atoms. The molecule has 3 nitrogen and oxygen atoms in total. The number of carbonyl (C=O) groups is 1. The molecule has 0 unspecified atom stereocenters. The van der Waals surface area contributed by atoms with Gasteiger partial charge in [0.05, 0.1) is 12.6 Å². The number of benzene rings is 1. The summed E-state index contributed by atoms with van der Waals surface area (Å²) in [6.45, 7) is 0.0956. The van der Waals surface area contributed by atoms with E-state index >= 15 is 0 Å². The number of likely N-dealkylation sites (N-methyl/N-ethyl adjacent to an activating group) is 1. The highest BCUT2D eigenvalue weighted by Crippen LogP contribution is 2.03. The van der Waals surface area contributed by atoms with Crippen LogP contribution in [0.1, 0.15) is 5.56 Å². The van der Waals surface area contributed by atoms with E-state index < -0.39 is 0 Å². The highest BCUT2D eigenvalue weighted by molar-refractivity contribution is 5.85. The normalized spacial score (nSPS) is 12.4. The minimum Gasteiger partial charge on any atom is -0.324 e. The van der Waals surface area contributed by atoms with Crippen molar-refractivity contribution in [1.29, 1.82) is 0 Å². The van der Waals surface area contributed by atoms with E-state index in [1.54, 1.807) is 7.05 Å². The van der Waals surface area contributed by atoms with Crippen molar-refractivity contribution in [2.24, 2.45) is 5.73 Å². The number of ketones is 1. The Labute approximate surface area is 84.3 Å². The van der Waals surface area contributed by atoms with Crippen LogP contribution in [0.2, 0.25) is 0 Å². The van der Waals surface area contributed by atoms with Gasteiger partial charge in [0.25, 0.3) is 0 Å². The zero-order valence-electron chi connectivity index (χ0n) is 8.36. The van der Waals surface area contributed by atoms with Gasteiger partial charge in [0, 0.05) is 0 Å². The van der Waals surface area contributed by atoms with Crippen LogP contribution in [0.25, 0.3) is 0 Å². The fourth-order valence-corrected chi connectivity index (χ4v) is 1.37. The summed E-state index contributed by atoms with van der Waals surface area (Å²) in [5.41, 5.74) is 6.46. The zero-order valence-corrected chi connectivity index (χ0v) is 8.36. The van der Waals surface area contributed by atoms with Crippen LogP contribution in [0.4, 0.5) is 0 Å². The van der Waals surface area contributed by atoms with E-state index in [4.69, 9.17) is 5.73 Å². The topological polar surface area (TPSA) is 55.1 Å². The van der Waals surface area contributed by atoms with E-state index in [0.29, 0.717) is 6.42 Å². The van der Waals surface area contributed by atoms with Gasteiger partial charge < -0.3 is 11.1 Å². The number of Topliss-reactive ketones (excluding diaryl/α,β-unsaturated/α-hetero) is 1. The maximum atomic E-state index is 11.4. The van der Waals surface area contributed by atoms with Crippen LogP contribution < -0.4 is 11.1 Å². The quantitative estimate of drug-likeness (QED) is 0.707. The Morgan fingerprint density at radius 3 is 2.57 bits per heavy atom. The molecule has 0 bridgehead atoms. The number of hydrogen-bond acceptors (Lipinski definition) is 3.